The van der Waals surface area contributed by atoms with Gasteiger partial charge in [-0.2, -0.15) is 5.26 Å². The van der Waals surface area contributed by atoms with Gasteiger partial charge in [0.25, 0.3) is 0 Å². The van der Waals surface area contributed by atoms with Crippen molar-refractivity contribution in [2.75, 3.05) is 13.1 Å². The maximum Gasteiger partial charge on any atom is 0.237 e. The predicted molar refractivity (Wildman–Crippen MR) is 95.3 cm³/mol. The van der Waals surface area contributed by atoms with Crippen molar-refractivity contribution in [2.24, 2.45) is 0 Å². The number of carbonyl (C=O) groups is 2. The number of amides is 2. The lowest BCUT2D eigenvalue weighted by Gasteiger charge is -2.27. The van der Waals surface area contributed by atoms with Gasteiger partial charge in [-0.05, 0) is 32.3 Å². The number of nitrogens with one attached hydrogen (secondary N) is 2. The van der Waals surface area contributed by atoms with Crippen LogP contribution in [0, 0.1) is 11.3 Å². The second kappa shape index (κ2) is 8.63. The van der Waals surface area contributed by atoms with E-state index in [1.54, 1.807) is 4.90 Å². The Hall–Kier alpha value is -2.39. The molecule has 1 aromatic rings. The molecule has 1 aromatic carbocycles. The lowest BCUT2D eigenvalue weighted by atomic mass is 10.00. The highest BCUT2D eigenvalue weighted by molar-refractivity contribution is 5.80. The summed E-state index contributed by atoms with van der Waals surface area (Å²) < 4.78 is 0. The van der Waals surface area contributed by atoms with Gasteiger partial charge in [0.2, 0.25) is 11.8 Å². The lowest BCUT2D eigenvalue weighted by molar-refractivity contribution is -0.131. The maximum absolute atomic E-state index is 12.3. The summed E-state index contributed by atoms with van der Waals surface area (Å²) in [6, 6.07) is 11.6. The Bertz CT molecular complexity index is 637. The molecule has 25 heavy (non-hydrogen) atoms. The quantitative estimate of drug-likeness (QED) is 0.788. The summed E-state index contributed by atoms with van der Waals surface area (Å²) in [6.07, 6.45) is 1.89. The van der Waals surface area contributed by atoms with E-state index < -0.39 is 5.54 Å². The smallest absolute Gasteiger partial charge is 0.237 e. The van der Waals surface area contributed by atoms with Crippen LogP contribution in [-0.2, 0) is 16.1 Å². The van der Waals surface area contributed by atoms with Crippen molar-refractivity contribution in [3.63, 3.8) is 0 Å². The molecule has 0 saturated carbocycles. The number of carbonyl (C=O) groups excluding carboxylic acids is 2. The van der Waals surface area contributed by atoms with E-state index in [-0.39, 0.29) is 30.8 Å². The fourth-order valence-electron chi connectivity index (χ4n) is 2.94. The molecule has 0 aliphatic carbocycles. The minimum absolute atomic E-state index is 0.0649. The van der Waals surface area contributed by atoms with Crippen LogP contribution in [0.2, 0.25) is 0 Å². The molecule has 0 radical (unpaired) electrons. The maximum atomic E-state index is 12.3. The van der Waals surface area contributed by atoms with Crippen LogP contribution in [0.4, 0.5) is 0 Å². The molecule has 0 aromatic heterocycles. The van der Waals surface area contributed by atoms with E-state index in [1.165, 1.54) is 0 Å². The average molecular weight is 342 g/mol. The molecule has 1 aliphatic rings. The minimum atomic E-state index is -0.502. The highest BCUT2D eigenvalue weighted by atomic mass is 16.2. The average Bonchev–Trinajstić information content (AvgIpc) is 3.07. The Morgan fingerprint density at radius 1 is 1.32 bits per heavy atom. The molecule has 1 heterocycles. The Labute approximate surface area is 149 Å². The highest BCUT2D eigenvalue weighted by Crippen LogP contribution is 2.16. The number of nitrogens with zero attached hydrogens (tertiary/aromatic N) is 2. The number of hydrogen-bond donors (Lipinski definition) is 2. The zero-order valence-corrected chi connectivity index (χ0v) is 14.9. The minimum Gasteiger partial charge on any atom is -0.352 e. The first kappa shape index (κ1) is 18.9. The third kappa shape index (κ3) is 5.87. The van der Waals surface area contributed by atoms with Crippen LogP contribution in [0.3, 0.4) is 0 Å². The molecule has 1 fully saturated rings. The van der Waals surface area contributed by atoms with E-state index >= 15 is 0 Å². The van der Waals surface area contributed by atoms with Gasteiger partial charge in [0.1, 0.15) is 6.04 Å². The van der Waals surface area contributed by atoms with Gasteiger partial charge in [-0.3, -0.25) is 9.59 Å². The first-order chi connectivity index (χ1) is 11.9. The monoisotopic (exact) mass is 342 g/mol. The van der Waals surface area contributed by atoms with Crippen LogP contribution in [0.1, 0.15) is 38.7 Å². The molecule has 1 aliphatic heterocycles. The van der Waals surface area contributed by atoms with Crippen LogP contribution >= 0.6 is 0 Å². The standard InChI is InChI=1S/C19H26N4O2/c1-19(2,11-17(24)21-13-15-7-4-3-5-8-15)22-14-18(25)23-10-6-9-16(23)12-20/h3-5,7-8,16,22H,6,9-11,13-14H2,1-2H3,(H,21,24). The molecule has 6 nitrogen and oxygen atoms in total. The second-order valence-corrected chi connectivity index (χ2v) is 7.05. The lowest BCUT2D eigenvalue weighted by Crippen LogP contribution is -2.49. The zero-order valence-electron chi connectivity index (χ0n) is 14.9. The van der Waals surface area contributed by atoms with E-state index in [9.17, 15) is 9.59 Å². The summed E-state index contributed by atoms with van der Waals surface area (Å²) in [5, 5.41) is 15.1. The Morgan fingerprint density at radius 2 is 2.04 bits per heavy atom. The summed E-state index contributed by atoms with van der Waals surface area (Å²) >= 11 is 0. The molecule has 0 spiro atoms. The van der Waals surface area contributed by atoms with Crippen molar-refractivity contribution in [1.82, 2.24) is 15.5 Å². The predicted octanol–water partition coefficient (Wildman–Crippen LogP) is 1.58. The Kier molecular flexibility index (Phi) is 6.54. The van der Waals surface area contributed by atoms with E-state index in [0.717, 1.165) is 18.4 Å². The van der Waals surface area contributed by atoms with E-state index in [4.69, 9.17) is 5.26 Å². The van der Waals surface area contributed by atoms with Gasteiger partial charge in [0, 0.05) is 25.0 Å². The summed E-state index contributed by atoms with van der Waals surface area (Å²) in [7, 11) is 0. The normalized spacial score (nSPS) is 17.2. The zero-order chi connectivity index (χ0) is 18.3. The van der Waals surface area contributed by atoms with Gasteiger partial charge >= 0.3 is 0 Å². The van der Waals surface area contributed by atoms with Crippen molar-refractivity contribution >= 4 is 11.8 Å². The van der Waals surface area contributed by atoms with Crippen molar-refractivity contribution in [3.8, 4) is 6.07 Å². The topological polar surface area (TPSA) is 85.2 Å². The summed E-state index contributed by atoms with van der Waals surface area (Å²) in [5.41, 5.74) is 0.548. The van der Waals surface area contributed by atoms with E-state index in [2.05, 4.69) is 16.7 Å². The second-order valence-electron chi connectivity index (χ2n) is 7.05. The number of hydrogen-bond acceptors (Lipinski definition) is 4. The Morgan fingerprint density at radius 3 is 2.72 bits per heavy atom. The van der Waals surface area contributed by atoms with Crippen molar-refractivity contribution in [2.45, 2.75) is 51.2 Å². The first-order valence-corrected chi connectivity index (χ1v) is 8.66. The third-order valence-electron chi connectivity index (χ3n) is 4.38. The van der Waals surface area contributed by atoms with Gasteiger partial charge < -0.3 is 15.5 Å². The SMILES string of the molecule is CC(C)(CC(=O)NCc1ccccc1)NCC(=O)N1CCCC1C#N. The van der Waals surface area contributed by atoms with Gasteiger partial charge in [0.15, 0.2) is 0 Å². The van der Waals surface area contributed by atoms with Crippen molar-refractivity contribution in [3.05, 3.63) is 35.9 Å². The van der Waals surface area contributed by atoms with Gasteiger partial charge in [-0.1, -0.05) is 30.3 Å². The van der Waals surface area contributed by atoms with Gasteiger partial charge in [-0.25, -0.2) is 0 Å². The highest BCUT2D eigenvalue weighted by Gasteiger charge is 2.30. The Balaban J connectivity index is 1.76. The van der Waals surface area contributed by atoms with Gasteiger partial charge in [-0.15, -0.1) is 0 Å². The molecule has 134 valence electrons. The molecular weight excluding hydrogens is 316 g/mol. The molecule has 2 rings (SSSR count). The van der Waals surface area contributed by atoms with Gasteiger partial charge in [0.05, 0.1) is 12.6 Å². The third-order valence-corrected chi connectivity index (χ3v) is 4.38. The number of nitriles is 1. The molecule has 2 amide bonds. The van der Waals surface area contributed by atoms with E-state index in [1.807, 2.05) is 44.2 Å². The number of benzene rings is 1. The van der Waals surface area contributed by atoms with Crippen molar-refractivity contribution in [1.29, 1.82) is 5.26 Å². The largest absolute Gasteiger partial charge is 0.352 e. The summed E-state index contributed by atoms with van der Waals surface area (Å²) in [5.74, 6) is -0.147. The van der Waals surface area contributed by atoms with Crippen molar-refractivity contribution < 1.29 is 9.59 Å². The molecule has 0 bridgehead atoms. The molecular formula is C19H26N4O2. The van der Waals surface area contributed by atoms with Crippen LogP contribution < -0.4 is 10.6 Å². The first-order valence-electron chi connectivity index (χ1n) is 8.66. The van der Waals surface area contributed by atoms with Crippen LogP contribution in [0.15, 0.2) is 30.3 Å². The van der Waals surface area contributed by atoms with E-state index in [0.29, 0.717) is 13.1 Å². The fraction of sp³-hybridized carbons (Fsp3) is 0.526. The molecule has 6 heteroatoms. The van der Waals surface area contributed by atoms with Crippen LogP contribution in [-0.4, -0.2) is 41.4 Å². The van der Waals surface area contributed by atoms with Crippen LogP contribution in [0.5, 0.6) is 0 Å². The fourth-order valence-corrected chi connectivity index (χ4v) is 2.94. The molecule has 1 unspecified atom stereocenters. The molecule has 2 N–H and O–H groups in total. The molecule has 1 saturated heterocycles. The number of likely N-dealkylation sites (tertiary alicyclic amines) is 1. The molecule has 1 atom stereocenters. The number of rotatable bonds is 7. The summed E-state index contributed by atoms with van der Waals surface area (Å²) in [6.45, 7) is 5.06. The van der Waals surface area contributed by atoms with Crippen LogP contribution in [0.25, 0.3) is 0 Å². The summed E-state index contributed by atoms with van der Waals surface area (Å²) in [4.78, 5) is 26.0.